The highest BCUT2D eigenvalue weighted by molar-refractivity contribution is 5.67. The molecule has 25 heavy (non-hydrogen) atoms. The Labute approximate surface area is 146 Å². The minimum atomic E-state index is -0.237. The monoisotopic (exact) mass is 346 g/mol. The summed E-state index contributed by atoms with van der Waals surface area (Å²) in [6.07, 6.45) is 5.57. The average Bonchev–Trinajstić information content (AvgIpc) is 3.14. The summed E-state index contributed by atoms with van der Waals surface area (Å²) >= 11 is 0. The van der Waals surface area contributed by atoms with Crippen molar-refractivity contribution in [2.45, 2.75) is 38.9 Å². The van der Waals surface area contributed by atoms with Gasteiger partial charge in [0, 0.05) is 31.0 Å². The summed E-state index contributed by atoms with van der Waals surface area (Å²) in [6.45, 7) is 3.98. The van der Waals surface area contributed by atoms with E-state index in [-0.39, 0.29) is 18.8 Å². The Balaban J connectivity index is 1.43. The third kappa shape index (κ3) is 4.76. The van der Waals surface area contributed by atoms with Crippen molar-refractivity contribution in [3.63, 3.8) is 0 Å². The first-order valence-electron chi connectivity index (χ1n) is 8.52. The highest BCUT2D eigenvalue weighted by Gasteiger charge is 2.24. The number of amides is 1. The van der Waals surface area contributed by atoms with E-state index in [4.69, 9.17) is 14.0 Å². The zero-order chi connectivity index (χ0) is 17.5. The molecule has 0 radical (unpaired) electrons. The molecule has 134 valence electrons. The standard InChI is InChI=1S/C17H22N4O4/c1-2-11-23-17(22)21-9-5-14(6-10-21)24-12-15-19-16(20-25-15)13-3-7-18-8-4-13/h3-4,7-8,14H,2,5-6,9-12H2,1H3. The van der Waals surface area contributed by atoms with Crippen LogP contribution in [-0.4, -0.2) is 51.9 Å². The van der Waals surface area contributed by atoms with Crippen molar-refractivity contribution in [3.8, 4) is 11.4 Å². The Kier molecular flexibility index (Phi) is 5.95. The Morgan fingerprint density at radius 1 is 1.32 bits per heavy atom. The lowest BCUT2D eigenvalue weighted by Crippen LogP contribution is -2.41. The number of hydrogen-bond donors (Lipinski definition) is 0. The quantitative estimate of drug-likeness (QED) is 0.794. The molecule has 1 saturated heterocycles. The molecule has 0 aliphatic carbocycles. The van der Waals surface area contributed by atoms with Crippen LogP contribution in [0.5, 0.6) is 0 Å². The number of ether oxygens (including phenoxy) is 2. The summed E-state index contributed by atoms with van der Waals surface area (Å²) in [4.78, 5) is 21.8. The normalized spacial score (nSPS) is 15.3. The van der Waals surface area contributed by atoms with Gasteiger partial charge in [-0.25, -0.2) is 4.79 Å². The van der Waals surface area contributed by atoms with Crippen LogP contribution in [0.3, 0.4) is 0 Å². The highest BCUT2D eigenvalue weighted by atomic mass is 16.6. The van der Waals surface area contributed by atoms with Crippen LogP contribution in [0, 0.1) is 0 Å². The fourth-order valence-corrected chi connectivity index (χ4v) is 2.61. The van der Waals surface area contributed by atoms with Gasteiger partial charge in [-0.3, -0.25) is 4.98 Å². The van der Waals surface area contributed by atoms with Gasteiger partial charge < -0.3 is 18.9 Å². The summed E-state index contributed by atoms with van der Waals surface area (Å²) in [7, 11) is 0. The van der Waals surface area contributed by atoms with Crippen LogP contribution in [0.1, 0.15) is 32.1 Å². The zero-order valence-electron chi connectivity index (χ0n) is 14.3. The van der Waals surface area contributed by atoms with Gasteiger partial charge in [-0.2, -0.15) is 4.98 Å². The predicted octanol–water partition coefficient (Wildman–Crippen LogP) is 2.66. The second-order valence-corrected chi connectivity index (χ2v) is 5.86. The second kappa shape index (κ2) is 8.57. The van der Waals surface area contributed by atoms with Crippen molar-refractivity contribution in [2.24, 2.45) is 0 Å². The maximum absolute atomic E-state index is 11.8. The van der Waals surface area contributed by atoms with Crippen LogP contribution < -0.4 is 0 Å². The number of hydrogen-bond acceptors (Lipinski definition) is 7. The summed E-state index contributed by atoms with van der Waals surface area (Å²) in [5.74, 6) is 0.964. The van der Waals surface area contributed by atoms with Gasteiger partial charge in [-0.15, -0.1) is 0 Å². The first-order valence-corrected chi connectivity index (χ1v) is 8.52. The van der Waals surface area contributed by atoms with Crippen LogP contribution in [0.25, 0.3) is 11.4 Å². The molecule has 1 amide bonds. The van der Waals surface area contributed by atoms with E-state index in [0.29, 0.717) is 31.4 Å². The molecule has 8 nitrogen and oxygen atoms in total. The number of aromatic nitrogens is 3. The van der Waals surface area contributed by atoms with Crippen molar-refractivity contribution in [2.75, 3.05) is 19.7 Å². The van der Waals surface area contributed by atoms with E-state index in [0.717, 1.165) is 24.8 Å². The van der Waals surface area contributed by atoms with E-state index in [1.165, 1.54) is 0 Å². The first-order chi connectivity index (χ1) is 12.3. The van der Waals surface area contributed by atoms with Crippen molar-refractivity contribution >= 4 is 6.09 Å². The maximum atomic E-state index is 11.8. The fraction of sp³-hybridized carbons (Fsp3) is 0.529. The molecule has 1 fully saturated rings. The number of nitrogens with zero attached hydrogens (tertiary/aromatic N) is 4. The van der Waals surface area contributed by atoms with E-state index in [9.17, 15) is 4.79 Å². The first kappa shape index (κ1) is 17.3. The molecule has 0 spiro atoms. The molecule has 1 aliphatic heterocycles. The number of pyridine rings is 1. The molecule has 3 rings (SSSR count). The molecule has 3 heterocycles. The molecular formula is C17H22N4O4. The summed E-state index contributed by atoms with van der Waals surface area (Å²) in [5.41, 5.74) is 0.851. The molecule has 0 N–H and O–H groups in total. The lowest BCUT2D eigenvalue weighted by atomic mass is 10.1. The van der Waals surface area contributed by atoms with Crippen LogP contribution in [-0.2, 0) is 16.1 Å². The van der Waals surface area contributed by atoms with Gasteiger partial charge in [-0.05, 0) is 31.4 Å². The van der Waals surface area contributed by atoms with Crippen LogP contribution in [0.15, 0.2) is 29.0 Å². The molecule has 0 saturated carbocycles. The van der Waals surface area contributed by atoms with Gasteiger partial charge in [0.05, 0.1) is 12.7 Å². The Morgan fingerprint density at radius 3 is 2.80 bits per heavy atom. The maximum Gasteiger partial charge on any atom is 0.409 e. The van der Waals surface area contributed by atoms with E-state index in [2.05, 4.69) is 15.1 Å². The topological polar surface area (TPSA) is 90.6 Å². The highest BCUT2D eigenvalue weighted by Crippen LogP contribution is 2.18. The Bertz CT molecular complexity index is 668. The minimum Gasteiger partial charge on any atom is -0.449 e. The summed E-state index contributed by atoms with van der Waals surface area (Å²) in [5, 5.41) is 3.95. The van der Waals surface area contributed by atoms with Crippen molar-refractivity contribution in [1.82, 2.24) is 20.0 Å². The molecule has 0 atom stereocenters. The summed E-state index contributed by atoms with van der Waals surface area (Å²) < 4.78 is 16.2. The molecule has 8 heteroatoms. The smallest absolute Gasteiger partial charge is 0.409 e. The minimum absolute atomic E-state index is 0.0755. The van der Waals surface area contributed by atoms with Crippen LogP contribution in [0.4, 0.5) is 4.79 Å². The van der Waals surface area contributed by atoms with Crippen LogP contribution in [0.2, 0.25) is 0 Å². The fourth-order valence-electron chi connectivity index (χ4n) is 2.61. The van der Waals surface area contributed by atoms with Gasteiger partial charge in [0.1, 0.15) is 6.61 Å². The van der Waals surface area contributed by atoms with Crippen molar-refractivity contribution in [3.05, 3.63) is 30.4 Å². The summed E-state index contributed by atoms with van der Waals surface area (Å²) in [6, 6.07) is 3.64. The molecule has 2 aromatic heterocycles. The van der Waals surface area contributed by atoms with E-state index in [1.54, 1.807) is 17.3 Å². The molecule has 1 aliphatic rings. The lowest BCUT2D eigenvalue weighted by molar-refractivity contribution is -0.0124. The number of carbonyl (C=O) groups excluding carboxylic acids is 1. The van der Waals surface area contributed by atoms with E-state index in [1.807, 2.05) is 19.1 Å². The largest absolute Gasteiger partial charge is 0.449 e. The molecular weight excluding hydrogens is 324 g/mol. The number of carbonyl (C=O) groups is 1. The van der Waals surface area contributed by atoms with Gasteiger partial charge >= 0.3 is 6.09 Å². The van der Waals surface area contributed by atoms with Gasteiger partial charge in [-0.1, -0.05) is 12.1 Å². The van der Waals surface area contributed by atoms with Gasteiger partial charge in [0.2, 0.25) is 5.82 Å². The Morgan fingerprint density at radius 2 is 2.08 bits per heavy atom. The van der Waals surface area contributed by atoms with Crippen LogP contribution >= 0.6 is 0 Å². The van der Waals surface area contributed by atoms with Crippen molar-refractivity contribution in [1.29, 1.82) is 0 Å². The number of likely N-dealkylation sites (tertiary alicyclic amines) is 1. The Hall–Kier alpha value is -2.48. The predicted molar refractivity (Wildman–Crippen MR) is 88.6 cm³/mol. The van der Waals surface area contributed by atoms with E-state index >= 15 is 0 Å². The van der Waals surface area contributed by atoms with Gasteiger partial charge in [0.15, 0.2) is 0 Å². The van der Waals surface area contributed by atoms with Crippen molar-refractivity contribution < 1.29 is 18.8 Å². The molecule has 0 bridgehead atoms. The van der Waals surface area contributed by atoms with E-state index < -0.39 is 0 Å². The lowest BCUT2D eigenvalue weighted by Gasteiger charge is -2.30. The zero-order valence-corrected chi connectivity index (χ0v) is 14.3. The number of rotatable bonds is 6. The third-order valence-corrected chi connectivity index (χ3v) is 3.98. The number of piperidine rings is 1. The molecule has 2 aromatic rings. The molecule has 0 aromatic carbocycles. The SMILES string of the molecule is CCCOC(=O)N1CCC(OCc2nc(-c3ccncc3)no2)CC1. The second-order valence-electron chi connectivity index (χ2n) is 5.86. The van der Waals surface area contributed by atoms with Gasteiger partial charge in [0.25, 0.3) is 5.89 Å². The molecule has 0 unspecified atom stereocenters. The average molecular weight is 346 g/mol. The third-order valence-electron chi connectivity index (χ3n) is 3.98.